The highest BCUT2D eigenvalue weighted by molar-refractivity contribution is 6.13. The van der Waals surface area contributed by atoms with Crippen LogP contribution in [-0.4, -0.2) is 38.7 Å². The van der Waals surface area contributed by atoms with Crippen molar-refractivity contribution in [2.24, 2.45) is 17.3 Å². The second-order valence-electron chi connectivity index (χ2n) is 8.32. The molecule has 0 unspecified atom stereocenters. The molecule has 4 rings (SSSR count). The molecule has 33 heavy (non-hydrogen) atoms. The number of hydrogen-bond acceptors (Lipinski definition) is 6. The van der Waals surface area contributed by atoms with E-state index in [0.29, 0.717) is 24.3 Å². The number of pyridine rings is 1. The predicted octanol–water partition coefficient (Wildman–Crippen LogP) is 1.43. The van der Waals surface area contributed by atoms with E-state index in [-0.39, 0.29) is 24.1 Å². The van der Waals surface area contributed by atoms with E-state index in [1.54, 1.807) is 74.4 Å². The van der Waals surface area contributed by atoms with Crippen molar-refractivity contribution in [3.63, 3.8) is 0 Å². The second kappa shape index (κ2) is 9.23. The number of nitrogens with zero attached hydrogens (tertiary/aromatic N) is 3. The summed E-state index contributed by atoms with van der Waals surface area (Å²) in [5.74, 6) is -2.56. The van der Waals surface area contributed by atoms with Gasteiger partial charge in [-0.3, -0.25) is 19.4 Å². The molecule has 0 radical (unpaired) electrons. The summed E-state index contributed by atoms with van der Waals surface area (Å²) in [6.45, 7) is 2.84. The minimum Gasteiger partial charge on any atom is -0.398 e. The molecule has 0 bridgehead atoms. The van der Waals surface area contributed by atoms with Crippen LogP contribution in [0.4, 0.5) is 5.69 Å². The lowest BCUT2D eigenvalue weighted by Crippen LogP contribution is -2.32. The first-order valence-corrected chi connectivity index (χ1v) is 10.7. The largest absolute Gasteiger partial charge is 0.398 e. The van der Waals surface area contributed by atoms with Gasteiger partial charge in [-0.1, -0.05) is 19.1 Å². The van der Waals surface area contributed by atoms with E-state index in [2.05, 4.69) is 20.6 Å². The van der Waals surface area contributed by atoms with Crippen LogP contribution in [0.2, 0.25) is 0 Å². The highest BCUT2D eigenvalue weighted by atomic mass is 16.2. The highest BCUT2D eigenvalue weighted by Crippen LogP contribution is 2.60. The summed E-state index contributed by atoms with van der Waals surface area (Å²) >= 11 is 0. The molecular formula is C24H26N6O3. The van der Waals surface area contributed by atoms with Gasteiger partial charge in [-0.15, -0.1) is 0 Å². The van der Waals surface area contributed by atoms with Gasteiger partial charge in [0, 0.05) is 55.7 Å². The fourth-order valence-electron chi connectivity index (χ4n) is 4.27. The normalized spacial score (nSPS) is 21.2. The topological polar surface area (TPSA) is 132 Å². The molecule has 2 heterocycles. The SMILES string of the molecule is C[C@@]1(C(=O)c2ccccc2N)[C@H](C(=O)NCc2ccncc2)[C@@H]1C(=O)NCCn1ccnc1. The third-order valence-corrected chi connectivity index (χ3v) is 6.22. The fraction of sp³-hybridized carbons (Fsp3) is 0.292. The minimum atomic E-state index is -1.18. The Morgan fingerprint density at radius 1 is 1.00 bits per heavy atom. The number of imidazole rings is 1. The number of hydrogen-bond donors (Lipinski definition) is 3. The first-order chi connectivity index (χ1) is 15.9. The number of carbonyl (C=O) groups is 3. The Morgan fingerprint density at radius 3 is 2.36 bits per heavy atom. The van der Waals surface area contributed by atoms with Gasteiger partial charge in [0.1, 0.15) is 0 Å². The van der Waals surface area contributed by atoms with Crippen LogP contribution < -0.4 is 16.4 Å². The summed E-state index contributed by atoms with van der Waals surface area (Å²) in [7, 11) is 0. The number of rotatable bonds is 9. The Labute approximate surface area is 191 Å². The first kappa shape index (κ1) is 22.2. The van der Waals surface area contributed by atoms with Crippen LogP contribution in [0.5, 0.6) is 0 Å². The van der Waals surface area contributed by atoms with Gasteiger partial charge in [0.2, 0.25) is 11.8 Å². The van der Waals surface area contributed by atoms with Gasteiger partial charge in [-0.2, -0.15) is 0 Å². The number of aromatic nitrogens is 3. The molecule has 170 valence electrons. The van der Waals surface area contributed by atoms with Gasteiger partial charge in [0.05, 0.1) is 23.6 Å². The maximum absolute atomic E-state index is 13.5. The van der Waals surface area contributed by atoms with Crippen molar-refractivity contribution < 1.29 is 14.4 Å². The number of nitrogen functional groups attached to an aromatic ring is 1. The molecule has 0 saturated heterocycles. The van der Waals surface area contributed by atoms with Gasteiger partial charge in [0.15, 0.2) is 5.78 Å². The van der Waals surface area contributed by atoms with Crippen LogP contribution >= 0.6 is 0 Å². The number of carbonyl (C=O) groups excluding carboxylic acids is 3. The molecule has 1 aliphatic carbocycles. The summed E-state index contributed by atoms with van der Waals surface area (Å²) in [4.78, 5) is 47.5. The van der Waals surface area contributed by atoms with E-state index < -0.39 is 17.3 Å². The molecule has 1 aliphatic rings. The number of nitrogens with two attached hydrogens (primary N) is 1. The van der Waals surface area contributed by atoms with Crippen molar-refractivity contribution in [3.8, 4) is 0 Å². The summed E-state index contributed by atoms with van der Waals surface area (Å²) < 4.78 is 1.83. The Bertz CT molecular complexity index is 1150. The average molecular weight is 447 g/mol. The number of anilines is 1. The zero-order chi connectivity index (χ0) is 23.4. The molecule has 4 N–H and O–H groups in total. The number of Topliss-reactive ketones (excluding diaryl/α,β-unsaturated/α-hetero) is 1. The Morgan fingerprint density at radius 2 is 1.70 bits per heavy atom. The molecule has 1 aromatic carbocycles. The number of benzene rings is 1. The van der Waals surface area contributed by atoms with Crippen molar-refractivity contribution in [2.75, 3.05) is 12.3 Å². The number of para-hydroxylation sites is 1. The van der Waals surface area contributed by atoms with Gasteiger partial charge < -0.3 is 20.9 Å². The van der Waals surface area contributed by atoms with Crippen LogP contribution in [0.15, 0.2) is 67.5 Å². The monoisotopic (exact) mass is 446 g/mol. The van der Waals surface area contributed by atoms with Crippen LogP contribution in [0, 0.1) is 17.3 Å². The molecule has 0 aliphatic heterocycles. The molecule has 9 heteroatoms. The zero-order valence-corrected chi connectivity index (χ0v) is 18.3. The number of amides is 2. The van der Waals surface area contributed by atoms with E-state index in [9.17, 15) is 14.4 Å². The lowest BCUT2D eigenvalue weighted by Gasteiger charge is -2.13. The van der Waals surface area contributed by atoms with Crippen LogP contribution in [0.3, 0.4) is 0 Å². The van der Waals surface area contributed by atoms with E-state index >= 15 is 0 Å². The van der Waals surface area contributed by atoms with Crippen molar-refractivity contribution in [1.29, 1.82) is 0 Å². The average Bonchev–Trinajstić information content (AvgIpc) is 3.15. The van der Waals surface area contributed by atoms with Gasteiger partial charge in [0.25, 0.3) is 0 Å². The smallest absolute Gasteiger partial charge is 0.225 e. The molecule has 2 amide bonds. The molecule has 3 aromatic rings. The van der Waals surface area contributed by atoms with Crippen molar-refractivity contribution in [1.82, 2.24) is 25.2 Å². The lowest BCUT2D eigenvalue weighted by atomic mass is 9.91. The first-order valence-electron chi connectivity index (χ1n) is 10.7. The summed E-state index contributed by atoms with van der Waals surface area (Å²) in [5.41, 5.74) is 6.36. The Hall–Kier alpha value is -4.01. The highest BCUT2D eigenvalue weighted by Gasteiger charge is 2.72. The van der Waals surface area contributed by atoms with Crippen molar-refractivity contribution >= 4 is 23.3 Å². The second-order valence-corrected chi connectivity index (χ2v) is 8.32. The third-order valence-electron chi connectivity index (χ3n) is 6.22. The van der Waals surface area contributed by atoms with Crippen LogP contribution in [0.25, 0.3) is 0 Å². The maximum atomic E-state index is 13.5. The molecule has 2 aromatic heterocycles. The third kappa shape index (κ3) is 4.48. The predicted molar refractivity (Wildman–Crippen MR) is 122 cm³/mol. The van der Waals surface area contributed by atoms with Gasteiger partial charge in [-0.25, -0.2) is 4.98 Å². The Balaban J connectivity index is 1.50. The lowest BCUT2D eigenvalue weighted by molar-refractivity contribution is -0.127. The molecule has 1 saturated carbocycles. The molecular weight excluding hydrogens is 420 g/mol. The molecule has 0 spiro atoms. The maximum Gasteiger partial charge on any atom is 0.225 e. The number of ketones is 1. The van der Waals surface area contributed by atoms with E-state index in [1.165, 1.54) is 0 Å². The quantitative estimate of drug-likeness (QED) is 0.337. The summed E-state index contributed by atoms with van der Waals surface area (Å²) in [6, 6.07) is 10.3. The van der Waals surface area contributed by atoms with Crippen LogP contribution in [0.1, 0.15) is 22.8 Å². The fourth-order valence-corrected chi connectivity index (χ4v) is 4.27. The number of nitrogens with one attached hydrogen (secondary N) is 2. The molecule has 1 fully saturated rings. The van der Waals surface area contributed by atoms with E-state index in [4.69, 9.17) is 5.73 Å². The van der Waals surface area contributed by atoms with Gasteiger partial charge in [-0.05, 0) is 29.8 Å². The van der Waals surface area contributed by atoms with Gasteiger partial charge >= 0.3 is 0 Å². The van der Waals surface area contributed by atoms with E-state index in [0.717, 1.165) is 5.56 Å². The van der Waals surface area contributed by atoms with E-state index in [1.807, 2.05) is 4.57 Å². The minimum absolute atomic E-state index is 0.282. The molecule has 3 atom stereocenters. The standard InChI is InChI=1S/C24H26N6O3/c1-24(21(31)17-4-2-3-5-18(17)25)19(22(32)28-11-13-30-12-10-27-15-30)20(24)23(33)29-14-16-6-8-26-9-7-16/h2-10,12,15,19-20H,11,13-14,25H2,1H3,(H,28,32)(H,29,33)/t19-,20+,24+/m1/s1. The van der Waals surface area contributed by atoms with Crippen molar-refractivity contribution in [2.45, 2.75) is 20.0 Å². The van der Waals surface area contributed by atoms with Crippen LogP contribution in [-0.2, 0) is 22.7 Å². The van der Waals surface area contributed by atoms with Crippen molar-refractivity contribution in [3.05, 3.63) is 78.6 Å². The Kier molecular flexibility index (Phi) is 6.21. The summed E-state index contributed by atoms with van der Waals surface area (Å²) in [6.07, 6.45) is 8.39. The molecule has 9 nitrogen and oxygen atoms in total. The summed E-state index contributed by atoms with van der Waals surface area (Å²) in [5, 5.41) is 5.72. The zero-order valence-electron chi connectivity index (χ0n) is 18.3.